The maximum Gasteiger partial charge on any atom is 0.272 e. The molecule has 0 amide bonds. The number of aryl methyl sites for hydroxylation is 1. The van der Waals surface area contributed by atoms with Crippen LogP contribution in [0.15, 0.2) is 45.7 Å². The average molecular weight is 385 g/mol. The fourth-order valence-corrected chi connectivity index (χ4v) is 4.78. The molecule has 0 aliphatic rings. The van der Waals surface area contributed by atoms with E-state index < -0.39 is 0 Å². The molecular weight excluding hydrogens is 364 g/mol. The standard InChI is InChI=1S/C19H20N4OS2/c1-12(2)10-22-17(24)16-15(7-8-25-16)23-18(22)20-21-19(23)26-11-14-6-4-5-13(3)9-14/h4-9,12H,10-11H2,1-3H3. The Labute approximate surface area is 159 Å². The SMILES string of the molecule is Cc1cccc(CSc2nnc3n(CC(C)C)c(=O)c4sccc4n23)c1. The van der Waals surface area contributed by atoms with Gasteiger partial charge in [-0.05, 0) is 29.9 Å². The van der Waals surface area contributed by atoms with Gasteiger partial charge in [0.25, 0.3) is 5.56 Å². The lowest BCUT2D eigenvalue weighted by atomic mass is 10.2. The van der Waals surface area contributed by atoms with Crippen LogP contribution < -0.4 is 5.56 Å². The lowest BCUT2D eigenvalue weighted by Gasteiger charge is -2.11. The van der Waals surface area contributed by atoms with Gasteiger partial charge in [0.15, 0.2) is 5.16 Å². The van der Waals surface area contributed by atoms with Crippen molar-refractivity contribution in [1.29, 1.82) is 0 Å². The predicted octanol–water partition coefficient (Wildman–Crippen LogP) is 4.36. The topological polar surface area (TPSA) is 52.2 Å². The first kappa shape index (κ1) is 17.3. The normalized spacial score (nSPS) is 11.8. The highest BCUT2D eigenvalue weighted by molar-refractivity contribution is 7.98. The number of hydrogen-bond acceptors (Lipinski definition) is 5. The molecule has 0 spiro atoms. The molecule has 5 nitrogen and oxygen atoms in total. The lowest BCUT2D eigenvalue weighted by Crippen LogP contribution is -2.24. The molecule has 0 fully saturated rings. The van der Waals surface area contributed by atoms with Gasteiger partial charge in [-0.3, -0.25) is 13.8 Å². The number of aromatic nitrogens is 4. The summed E-state index contributed by atoms with van der Waals surface area (Å²) in [5.41, 5.74) is 3.43. The van der Waals surface area contributed by atoms with Crippen LogP contribution in [0.25, 0.3) is 16.0 Å². The molecule has 0 radical (unpaired) electrons. The van der Waals surface area contributed by atoms with Gasteiger partial charge in [0.05, 0.1) is 5.52 Å². The van der Waals surface area contributed by atoms with Crippen molar-refractivity contribution in [2.45, 2.75) is 38.2 Å². The van der Waals surface area contributed by atoms with Crippen molar-refractivity contribution in [2.24, 2.45) is 5.92 Å². The van der Waals surface area contributed by atoms with Crippen molar-refractivity contribution in [1.82, 2.24) is 19.2 Å². The number of hydrogen-bond donors (Lipinski definition) is 0. The zero-order valence-electron chi connectivity index (χ0n) is 15.0. The van der Waals surface area contributed by atoms with Gasteiger partial charge in [-0.2, -0.15) is 0 Å². The Hall–Kier alpha value is -2.12. The zero-order valence-corrected chi connectivity index (χ0v) is 16.6. The van der Waals surface area contributed by atoms with Gasteiger partial charge in [0.2, 0.25) is 5.78 Å². The van der Waals surface area contributed by atoms with Crippen LogP contribution in [0.3, 0.4) is 0 Å². The molecule has 0 atom stereocenters. The summed E-state index contributed by atoms with van der Waals surface area (Å²) in [5.74, 6) is 1.80. The monoisotopic (exact) mass is 384 g/mol. The second-order valence-electron chi connectivity index (χ2n) is 6.84. The molecule has 0 saturated carbocycles. The molecule has 134 valence electrons. The van der Waals surface area contributed by atoms with E-state index in [1.54, 1.807) is 16.3 Å². The molecule has 7 heteroatoms. The summed E-state index contributed by atoms with van der Waals surface area (Å²) < 4.78 is 4.54. The van der Waals surface area contributed by atoms with E-state index in [1.165, 1.54) is 22.5 Å². The summed E-state index contributed by atoms with van der Waals surface area (Å²) in [6.45, 7) is 6.94. The lowest BCUT2D eigenvalue weighted by molar-refractivity contribution is 0.517. The van der Waals surface area contributed by atoms with Gasteiger partial charge in [-0.25, -0.2) is 0 Å². The highest BCUT2D eigenvalue weighted by Crippen LogP contribution is 2.26. The second kappa shape index (κ2) is 6.89. The first-order chi connectivity index (χ1) is 12.5. The first-order valence-electron chi connectivity index (χ1n) is 8.58. The van der Waals surface area contributed by atoms with Crippen molar-refractivity contribution in [3.8, 4) is 0 Å². The average Bonchev–Trinajstić information content (AvgIpc) is 3.23. The van der Waals surface area contributed by atoms with E-state index in [4.69, 9.17) is 0 Å². The van der Waals surface area contributed by atoms with E-state index in [0.717, 1.165) is 21.1 Å². The van der Waals surface area contributed by atoms with E-state index in [1.807, 2.05) is 15.8 Å². The van der Waals surface area contributed by atoms with Gasteiger partial charge in [-0.1, -0.05) is 55.4 Å². The number of nitrogens with zero attached hydrogens (tertiary/aromatic N) is 4. The molecule has 26 heavy (non-hydrogen) atoms. The summed E-state index contributed by atoms with van der Waals surface area (Å²) in [5, 5.41) is 11.5. The van der Waals surface area contributed by atoms with E-state index in [2.05, 4.69) is 55.2 Å². The Morgan fingerprint density at radius 2 is 2.08 bits per heavy atom. The van der Waals surface area contributed by atoms with E-state index in [-0.39, 0.29) is 5.56 Å². The van der Waals surface area contributed by atoms with E-state index in [9.17, 15) is 4.79 Å². The minimum Gasteiger partial charge on any atom is -0.275 e. The van der Waals surface area contributed by atoms with Crippen LogP contribution in [-0.4, -0.2) is 19.2 Å². The minimum absolute atomic E-state index is 0.0267. The highest BCUT2D eigenvalue weighted by Gasteiger charge is 2.18. The van der Waals surface area contributed by atoms with Crippen molar-refractivity contribution in [3.63, 3.8) is 0 Å². The predicted molar refractivity (Wildman–Crippen MR) is 108 cm³/mol. The summed E-state index contributed by atoms with van der Waals surface area (Å²) in [6.07, 6.45) is 0. The highest BCUT2D eigenvalue weighted by atomic mass is 32.2. The fraction of sp³-hybridized carbons (Fsp3) is 0.316. The number of thioether (sulfide) groups is 1. The molecule has 0 aliphatic carbocycles. The van der Waals surface area contributed by atoms with Crippen LogP contribution in [0, 0.1) is 12.8 Å². The Bertz CT molecular complexity index is 1140. The largest absolute Gasteiger partial charge is 0.275 e. The third-order valence-corrected chi connectivity index (χ3v) is 6.07. The van der Waals surface area contributed by atoms with Gasteiger partial charge in [0.1, 0.15) is 4.70 Å². The Balaban J connectivity index is 1.81. The van der Waals surface area contributed by atoms with Crippen molar-refractivity contribution in [3.05, 3.63) is 57.2 Å². The molecule has 4 aromatic rings. The summed E-state index contributed by atoms with van der Waals surface area (Å²) in [6, 6.07) is 10.5. The molecule has 0 aliphatic heterocycles. The van der Waals surface area contributed by atoms with E-state index >= 15 is 0 Å². The van der Waals surface area contributed by atoms with Crippen LogP contribution in [-0.2, 0) is 12.3 Å². The molecule has 3 heterocycles. The number of fused-ring (bicyclic) bond motifs is 3. The molecule has 0 saturated heterocycles. The number of benzene rings is 1. The molecule has 1 aromatic carbocycles. The van der Waals surface area contributed by atoms with E-state index in [0.29, 0.717) is 18.2 Å². The summed E-state index contributed by atoms with van der Waals surface area (Å²) >= 11 is 3.13. The minimum atomic E-state index is 0.0267. The molecule has 0 N–H and O–H groups in total. The maximum atomic E-state index is 12.9. The van der Waals surface area contributed by atoms with Gasteiger partial charge in [-0.15, -0.1) is 21.5 Å². The first-order valence-corrected chi connectivity index (χ1v) is 10.4. The zero-order chi connectivity index (χ0) is 18.3. The van der Waals surface area contributed by atoms with Crippen LogP contribution in [0.4, 0.5) is 0 Å². The summed E-state index contributed by atoms with van der Waals surface area (Å²) in [7, 11) is 0. The fourth-order valence-electron chi connectivity index (χ4n) is 3.07. The molecule has 0 bridgehead atoms. The van der Waals surface area contributed by atoms with Gasteiger partial charge < -0.3 is 0 Å². The van der Waals surface area contributed by atoms with Crippen LogP contribution >= 0.6 is 23.1 Å². The van der Waals surface area contributed by atoms with Crippen LogP contribution in [0.5, 0.6) is 0 Å². The molecular formula is C19H20N4OS2. The van der Waals surface area contributed by atoms with Crippen molar-refractivity contribution in [2.75, 3.05) is 0 Å². The Morgan fingerprint density at radius 1 is 1.23 bits per heavy atom. The third kappa shape index (κ3) is 3.05. The van der Waals surface area contributed by atoms with Crippen LogP contribution in [0.2, 0.25) is 0 Å². The third-order valence-electron chi connectivity index (χ3n) is 4.18. The number of thiophene rings is 1. The maximum absolute atomic E-state index is 12.9. The second-order valence-corrected chi connectivity index (χ2v) is 8.70. The quantitative estimate of drug-likeness (QED) is 0.480. The Morgan fingerprint density at radius 3 is 2.85 bits per heavy atom. The van der Waals surface area contributed by atoms with Gasteiger partial charge >= 0.3 is 0 Å². The van der Waals surface area contributed by atoms with Crippen LogP contribution in [0.1, 0.15) is 25.0 Å². The van der Waals surface area contributed by atoms with Crippen molar-refractivity contribution >= 4 is 39.1 Å². The molecule has 0 unspecified atom stereocenters. The Kier molecular flexibility index (Phi) is 4.58. The van der Waals surface area contributed by atoms with Gasteiger partial charge in [0, 0.05) is 12.3 Å². The number of rotatable bonds is 5. The summed E-state index contributed by atoms with van der Waals surface area (Å²) in [4.78, 5) is 12.9. The molecule has 4 rings (SSSR count). The van der Waals surface area contributed by atoms with Crippen molar-refractivity contribution < 1.29 is 0 Å². The molecule has 3 aromatic heterocycles. The smallest absolute Gasteiger partial charge is 0.272 e.